The molecule has 0 bridgehead atoms. The van der Waals surface area contributed by atoms with E-state index >= 15 is 0 Å². The molecule has 7 unspecified atom stereocenters. The summed E-state index contributed by atoms with van der Waals surface area (Å²) in [5, 5.41) is 14.9. The van der Waals surface area contributed by atoms with Gasteiger partial charge in [-0.1, -0.05) is 77.3 Å². The molecule has 2 heterocycles. The van der Waals surface area contributed by atoms with E-state index in [1.54, 1.807) is 19.4 Å². The molecule has 1 fully saturated rings. The highest BCUT2D eigenvalue weighted by Gasteiger charge is 2.38. The maximum Gasteiger partial charge on any atom is 0.306 e. The Labute approximate surface area is 332 Å². The summed E-state index contributed by atoms with van der Waals surface area (Å²) in [7, 11) is 5.15. The van der Waals surface area contributed by atoms with Gasteiger partial charge in [0.15, 0.2) is 5.78 Å². The van der Waals surface area contributed by atoms with E-state index in [1.807, 2.05) is 43.1 Å². The second kappa shape index (κ2) is 23.1. The minimum Gasteiger partial charge on any atom is -0.481 e. The molecule has 2 aromatic rings. The van der Waals surface area contributed by atoms with Crippen LogP contribution < -0.4 is 5.32 Å². The van der Waals surface area contributed by atoms with Crippen molar-refractivity contribution in [1.29, 1.82) is 0 Å². The molecule has 2 amide bonds. The Bertz CT molecular complexity index is 1500. The number of nitrogens with zero attached hydrogens (tertiary/aromatic N) is 3. The maximum absolute atomic E-state index is 14.7. The van der Waals surface area contributed by atoms with Crippen molar-refractivity contribution in [1.82, 2.24) is 20.1 Å². The highest BCUT2D eigenvalue weighted by molar-refractivity contribution is 7.09. The lowest BCUT2D eigenvalue weighted by Crippen LogP contribution is -2.50. The number of carbonyl (C=O) groups is 4. The number of amides is 2. The summed E-state index contributed by atoms with van der Waals surface area (Å²) in [5.41, 5.74) is 2.32. The number of nitrogens with one attached hydrogen (secondary N) is 1. The van der Waals surface area contributed by atoms with Crippen LogP contribution in [0, 0.1) is 30.6 Å². The average Bonchev–Trinajstić information content (AvgIpc) is 3.65. The van der Waals surface area contributed by atoms with Crippen molar-refractivity contribution in [2.24, 2.45) is 23.7 Å². The quantitative estimate of drug-likeness (QED) is 0.112. The van der Waals surface area contributed by atoms with Crippen molar-refractivity contribution >= 4 is 34.9 Å². The fourth-order valence-corrected chi connectivity index (χ4v) is 8.25. The molecule has 0 aliphatic carbocycles. The van der Waals surface area contributed by atoms with Crippen molar-refractivity contribution in [2.45, 2.75) is 117 Å². The minimum absolute atomic E-state index is 0.00269. The first kappa shape index (κ1) is 46.2. The summed E-state index contributed by atoms with van der Waals surface area (Å²) >= 11 is 1.29. The van der Waals surface area contributed by atoms with Gasteiger partial charge in [0.1, 0.15) is 23.6 Å². The van der Waals surface area contributed by atoms with Crippen molar-refractivity contribution < 1.29 is 38.5 Å². The van der Waals surface area contributed by atoms with Gasteiger partial charge in [0.05, 0.1) is 18.6 Å². The van der Waals surface area contributed by atoms with Crippen LogP contribution in [0.5, 0.6) is 0 Å². The molecule has 12 nitrogen and oxygen atoms in total. The first-order chi connectivity index (χ1) is 26.2. The van der Waals surface area contributed by atoms with E-state index < -0.39 is 35.9 Å². The van der Waals surface area contributed by atoms with Crippen LogP contribution in [0.4, 0.5) is 0 Å². The zero-order chi connectivity index (χ0) is 40.7. The van der Waals surface area contributed by atoms with Crippen LogP contribution in [0.25, 0.3) is 0 Å². The molecule has 7 atom stereocenters. The SMILES string of the molecule is CCC(C)C(CC(=O)C1CCCCN1C)C(=O)N(CCOC)C(CC(OCOC)c1nc(C(=O)NC(Cc2ccc(C)cc2)CC(C)C(=O)O)cs1)C(C)C. The van der Waals surface area contributed by atoms with Crippen LogP contribution in [0.1, 0.15) is 112 Å². The first-order valence-electron chi connectivity index (χ1n) is 19.9. The number of aromatic nitrogens is 1. The third-order valence-electron chi connectivity index (χ3n) is 11.1. The predicted octanol–water partition coefficient (Wildman–Crippen LogP) is 6.56. The largest absolute Gasteiger partial charge is 0.481 e. The van der Waals surface area contributed by atoms with Crippen LogP contribution in [0.2, 0.25) is 0 Å². The number of hydrogen-bond acceptors (Lipinski definition) is 10. The third-order valence-corrected chi connectivity index (χ3v) is 12.0. The molecule has 55 heavy (non-hydrogen) atoms. The summed E-state index contributed by atoms with van der Waals surface area (Å²) in [6, 6.07) is 7.07. The standard InChI is InChI=1S/C42H66N4O8S/c1-10-29(5)33(23-37(47)35-13-11-12-18-45(35)7)41(49)46(19-20-52-8)36(27(2)3)24-38(54-26-53-9)40-44-34(25-55-40)39(48)43-32(21-30(6)42(50)51)22-31-16-14-28(4)15-17-31/h14-17,25,27,29-30,32-33,35-36,38H,10-13,18-24,26H2,1-9H3,(H,43,48)(H,50,51). The van der Waals surface area contributed by atoms with Gasteiger partial charge in [-0.25, -0.2) is 4.98 Å². The second-order valence-electron chi connectivity index (χ2n) is 15.7. The maximum atomic E-state index is 14.7. The Morgan fingerprint density at radius 1 is 1.05 bits per heavy atom. The van der Waals surface area contributed by atoms with Gasteiger partial charge in [0.2, 0.25) is 5.91 Å². The van der Waals surface area contributed by atoms with Crippen LogP contribution in [0.15, 0.2) is 29.6 Å². The highest BCUT2D eigenvalue weighted by atomic mass is 32.1. The van der Waals surface area contributed by atoms with E-state index in [1.165, 1.54) is 18.4 Å². The number of methoxy groups -OCH3 is 2. The Kier molecular flexibility index (Phi) is 19.4. The van der Waals surface area contributed by atoms with Gasteiger partial charge in [0.25, 0.3) is 5.91 Å². The van der Waals surface area contributed by atoms with Gasteiger partial charge in [-0.15, -0.1) is 11.3 Å². The Morgan fingerprint density at radius 3 is 2.36 bits per heavy atom. The van der Waals surface area contributed by atoms with Gasteiger partial charge in [0, 0.05) is 57.0 Å². The molecule has 1 aromatic carbocycles. The monoisotopic (exact) mass is 786 g/mol. The number of rotatable bonds is 24. The zero-order valence-electron chi connectivity index (χ0n) is 34.5. The Morgan fingerprint density at radius 2 is 1.76 bits per heavy atom. The lowest BCUT2D eigenvalue weighted by molar-refractivity contribution is -0.146. The van der Waals surface area contributed by atoms with E-state index in [4.69, 9.17) is 19.2 Å². The number of ether oxygens (including phenoxy) is 3. The van der Waals surface area contributed by atoms with Gasteiger partial charge in [-0.05, 0) is 63.6 Å². The molecular weight excluding hydrogens is 721 g/mol. The first-order valence-corrected chi connectivity index (χ1v) is 20.8. The Balaban J connectivity index is 1.89. The van der Waals surface area contributed by atoms with Crippen LogP contribution >= 0.6 is 11.3 Å². The molecule has 1 aromatic heterocycles. The molecule has 0 radical (unpaired) electrons. The topological polar surface area (TPSA) is 148 Å². The lowest BCUT2D eigenvalue weighted by Gasteiger charge is -2.40. The van der Waals surface area contributed by atoms with E-state index in [2.05, 4.69) is 37.9 Å². The fraction of sp³-hybridized carbons (Fsp3) is 0.690. The minimum atomic E-state index is -0.922. The number of carbonyl (C=O) groups excluding carboxylic acids is 3. The van der Waals surface area contributed by atoms with Crippen molar-refractivity contribution in [3.05, 3.63) is 51.5 Å². The molecular formula is C42H66N4O8S. The second-order valence-corrected chi connectivity index (χ2v) is 16.6. The molecule has 13 heteroatoms. The van der Waals surface area contributed by atoms with Gasteiger partial charge < -0.3 is 29.5 Å². The van der Waals surface area contributed by atoms with Crippen molar-refractivity contribution in [2.75, 3.05) is 47.8 Å². The molecule has 0 spiro atoms. The smallest absolute Gasteiger partial charge is 0.306 e. The number of likely N-dealkylation sites (tertiary alicyclic amines) is 1. The third kappa shape index (κ3) is 14.0. The lowest BCUT2D eigenvalue weighted by atomic mass is 9.82. The average molecular weight is 787 g/mol. The van der Waals surface area contributed by atoms with E-state index in [-0.39, 0.29) is 60.9 Å². The highest BCUT2D eigenvalue weighted by Crippen LogP contribution is 2.33. The number of aliphatic carboxylic acids is 1. The Hall–Kier alpha value is -3.23. The zero-order valence-corrected chi connectivity index (χ0v) is 35.4. The van der Waals surface area contributed by atoms with Crippen LogP contribution in [-0.4, -0.2) is 109 Å². The number of hydrogen-bond donors (Lipinski definition) is 2. The molecule has 1 aliphatic rings. The summed E-state index contributed by atoms with van der Waals surface area (Å²) in [5.74, 6) is -2.38. The number of ketones is 1. The summed E-state index contributed by atoms with van der Waals surface area (Å²) in [4.78, 5) is 62.6. The summed E-state index contributed by atoms with van der Waals surface area (Å²) in [6.45, 7) is 13.4. The number of thiazole rings is 1. The van der Waals surface area contributed by atoms with Crippen LogP contribution in [0.3, 0.4) is 0 Å². The van der Waals surface area contributed by atoms with Gasteiger partial charge >= 0.3 is 5.97 Å². The van der Waals surface area contributed by atoms with E-state index in [0.29, 0.717) is 31.0 Å². The summed E-state index contributed by atoms with van der Waals surface area (Å²) in [6.07, 6.45) is 4.37. The predicted molar refractivity (Wildman–Crippen MR) is 215 cm³/mol. The molecule has 308 valence electrons. The number of benzene rings is 1. The van der Waals surface area contributed by atoms with Crippen LogP contribution in [-0.2, 0) is 35.0 Å². The van der Waals surface area contributed by atoms with E-state index in [9.17, 15) is 24.3 Å². The van der Waals surface area contributed by atoms with E-state index in [0.717, 1.165) is 43.4 Å². The number of aryl methyl sites for hydroxylation is 1. The molecule has 3 rings (SSSR count). The fourth-order valence-electron chi connectivity index (χ4n) is 7.39. The molecule has 1 aliphatic heterocycles. The normalized spacial score (nSPS) is 18.3. The number of carboxylic acids is 1. The number of Topliss-reactive ketones (excluding diaryl/α,β-unsaturated/α-hetero) is 1. The number of likely N-dealkylation sites (N-methyl/N-ethyl adjacent to an activating group) is 1. The van der Waals surface area contributed by atoms with Crippen molar-refractivity contribution in [3.8, 4) is 0 Å². The molecule has 2 N–H and O–H groups in total. The molecule has 0 saturated carbocycles. The van der Waals surface area contributed by atoms with Crippen molar-refractivity contribution in [3.63, 3.8) is 0 Å². The molecule has 1 saturated heterocycles. The number of carboxylic acid groups (broad SMARTS) is 1. The van der Waals surface area contributed by atoms with Gasteiger partial charge in [-0.2, -0.15) is 0 Å². The van der Waals surface area contributed by atoms with Gasteiger partial charge in [-0.3, -0.25) is 24.1 Å². The summed E-state index contributed by atoms with van der Waals surface area (Å²) < 4.78 is 17.0. The number of piperidine rings is 1.